The van der Waals surface area contributed by atoms with Gasteiger partial charge in [-0.2, -0.15) is 0 Å². The second-order valence-electron chi connectivity index (χ2n) is 4.23. The van der Waals surface area contributed by atoms with Crippen LogP contribution in [0.15, 0.2) is 59.3 Å². The molecule has 0 saturated carbocycles. The number of benzene rings is 2. The number of para-hydroxylation sites is 1. The summed E-state index contributed by atoms with van der Waals surface area (Å²) < 4.78 is 1.00. The Hall–Kier alpha value is -2.07. The first-order valence-electron chi connectivity index (χ1n) is 5.89. The van der Waals surface area contributed by atoms with Crippen molar-refractivity contribution in [1.82, 2.24) is 4.98 Å². The van der Waals surface area contributed by atoms with Crippen LogP contribution in [0.5, 0.6) is 0 Å². The lowest BCUT2D eigenvalue weighted by Gasteiger charge is -2.12. The first kappa shape index (κ1) is 12.0. The molecule has 0 fully saturated rings. The van der Waals surface area contributed by atoms with E-state index in [-0.39, 0.29) is 0 Å². The molecule has 3 aromatic rings. The molecule has 19 heavy (non-hydrogen) atoms. The van der Waals surface area contributed by atoms with E-state index in [1.54, 1.807) is 6.20 Å². The number of nitrogens with two attached hydrogens (primary N) is 1. The van der Waals surface area contributed by atoms with E-state index in [1.165, 1.54) is 0 Å². The number of nitrogens with one attached hydrogen (secondary N) is 1. The number of rotatable bonds is 2. The summed E-state index contributed by atoms with van der Waals surface area (Å²) in [6.45, 7) is 0. The predicted octanol–water partition coefficient (Wildman–Crippen LogP) is 4.32. The first-order chi connectivity index (χ1) is 9.25. The van der Waals surface area contributed by atoms with Gasteiger partial charge in [-0.25, -0.2) is 0 Å². The number of halogens is 1. The van der Waals surface area contributed by atoms with Crippen molar-refractivity contribution in [3.8, 4) is 0 Å². The normalized spacial score (nSPS) is 10.6. The van der Waals surface area contributed by atoms with Crippen LogP contribution in [-0.4, -0.2) is 4.98 Å². The molecule has 0 radical (unpaired) electrons. The maximum absolute atomic E-state index is 6.21. The second kappa shape index (κ2) is 4.90. The number of hydrogen-bond donors (Lipinski definition) is 2. The minimum atomic E-state index is 0.732. The highest BCUT2D eigenvalue weighted by molar-refractivity contribution is 9.10. The third-order valence-corrected chi connectivity index (χ3v) is 3.70. The molecule has 0 amide bonds. The summed E-state index contributed by atoms with van der Waals surface area (Å²) in [5.41, 5.74) is 8.83. The average Bonchev–Trinajstić information content (AvgIpc) is 2.44. The quantitative estimate of drug-likeness (QED) is 0.693. The van der Waals surface area contributed by atoms with Crippen LogP contribution >= 0.6 is 15.9 Å². The average molecular weight is 314 g/mol. The third-order valence-electron chi connectivity index (χ3n) is 3.00. The lowest BCUT2D eigenvalue weighted by Crippen LogP contribution is -1.97. The molecule has 0 aliphatic rings. The van der Waals surface area contributed by atoms with Gasteiger partial charge in [-0.05, 0) is 40.2 Å². The van der Waals surface area contributed by atoms with Crippen molar-refractivity contribution < 1.29 is 0 Å². The summed E-state index contributed by atoms with van der Waals surface area (Å²) >= 11 is 3.51. The number of fused-ring (bicyclic) bond motifs is 1. The van der Waals surface area contributed by atoms with Crippen LogP contribution in [0, 0.1) is 0 Å². The SMILES string of the molecule is Nc1c(Nc2ccccc2Br)ccc2cnccc12. The minimum absolute atomic E-state index is 0.732. The Morgan fingerprint density at radius 1 is 1.00 bits per heavy atom. The molecular weight excluding hydrogens is 302 g/mol. The molecule has 4 heteroatoms. The van der Waals surface area contributed by atoms with Crippen molar-refractivity contribution in [2.45, 2.75) is 0 Å². The Bertz CT molecular complexity index is 740. The van der Waals surface area contributed by atoms with E-state index in [2.05, 4.69) is 26.2 Å². The summed E-state index contributed by atoms with van der Waals surface area (Å²) in [6.07, 6.45) is 3.56. The number of nitrogens with zero attached hydrogens (tertiary/aromatic N) is 1. The zero-order valence-electron chi connectivity index (χ0n) is 10.1. The summed E-state index contributed by atoms with van der Waals surface area (Å²) in [6, 6.07) is 13.9. The summed E-state index contributed by atoms with van der Waals surface area (Å²) in [7, 11) is 0. The fraction of sp³-hybridized carbons (Fsp3) is 0. The van der Waals surface area contributed by atoms with Gasteiger partial charge in [0, 0.05) is 27.6 Å². The Kier molecular flexibility index (Phi) is 3.09. The Morgan fingerprint density at radius 3 is 2.68 bits per heavy atom. The van der Waals surface area contributed by atoms with Crippen molar-refractivity contribution in [2.24, 2.45) is 0 Å². The zero-order valence-corrected chi connectivity index (χ0v) is 11.7. The van der Waals surface area contributed by atoms with Crippen molar-refractivity contribution >= 4 is 43.8 Å². The van der Waals surface area contributed by atoms with E-state index >= 15 is 0 Å². The minimum Gasteiger partial charge on any atom is -0.397 e. The van der Waals surface area contributed by atoms with Gasteiger partial charge in [0.2, 0.25) is 0 Å². The monoisotopic (exact) mass is 313 g/mol. The summed E-state index contributed by atoms with van der Waals surface area (Å²) in [4.78, 5) is 4.10. The molecule has 94 valence electrons. The Labute approximate surface area is 119 Å². The van der Waals surface area contributed by atoms with Crippen LogP contribution < -0.4 is 11.1 Å². The highest BCUT2D eigenvalue weighted by Crippen LogP contribution is 2.32. The Morgan fingerprint density at radius 2 is 1.84 bits per heavy atom. The van der Waals surface area contributed by atoms with Gasteiger partial charge in [0.05, 0.1) is 17.1 Å². The highest BCUT2D eigenvalue weighted by Gasteiger charge is 2.06. The van der Waals surface area contributed by atoms with E-state index in [0.29, 0.717) is 0 Å². The molecular formula is C15H12BrN3. The largest absolute Gasteiger partial charge is 0.397 e. The smallest absolute Gasteiger partial charge is 0.0634 e. The van der Waals surface area contributed by atoms with Crippen molar-refractivity contribution in [1.29, 1.82) is 0 Å². The first-order valence-corrected chi connectivity index (χ1v) is 6.69. The molecule has 0 saturated heterocycles. The standard InChI is InChI=1S/C15H12BrN3/c16-12-3-1-2-4-13(12)19-14-6-5-10-9-18-8-7-11(10)15(14)17/h1-9,19H,17H2. The van der Waals surface area contributed by atoms with Crippen molar-refractivity contribution in [3.63, 3.8) is 0 Å². The lowest BCUT2D eigenvalue weighted by molar-refractivity contribution is 1.36. The molecule has 0 spiro atoms. The van der Waals surface area contributed by atoms with Crippen LogP contribution in [0.3, 0.4) is 0 Å². The van der Waals surface area contributed by atoms with Gasteiger partial charge in [0.25, 0.3) is 0 Å². The molecule has 3 rings (SSSR count). The third kappa shape index (κ3) is 2.27. The topological polar surface area (TPSA) is 50.9 Å². The Balaban J connectivity index is 2.07. The van der Waals surface area contributed by atoms with Crippen LogP contribution in [0.25, 0.3) is 10.8 Å². The molecule has 1 heterocycles. The molecule has 0 atom stereocenters. The molecule has 1 aromatic heterocycles. The van der Waals surface area contributed by atoms with Crippen LogP contribution in [-0.2, 0) is 0 Å². The predicted molar refractivity (Wildman–Crippen MR) is 83.6 cm³/mol. The van der Waals surface area contributed by atoms with E-state index in [1.807, 2.05) is 48.7 Å². The van der Waals surface area contributed by atoms with E-state index in [9.17, 15) is 0 Å². The van der Waals surface area contributed by atoms with Gasteiger partial charge in [-0.1, -0.05) is 18.2 Å². The van der Waals surface area contributed by atoms with Gasteiger partial charge < -0.3 is 11.1 Å². The molecule has 0 aliphatic heterocycles. The molecule has 2 aromatic carbocycles. The number of anilines is 3. The number of aromatic nitrogens is 1. The van der Waals surface area contributed by atoms with E-state index in [4.69, 9.17) is 5.73 Å². The van der Waals surface area contributed by atoms with Crippen molar-refractivity contribution in [2.75, 3.05) is 11.1 Å². The fourth-order valence-corrected chi connectivity index (χ4v) is 2.39. The summed E-state index contributed by atoms with van der Waals surface area (Å²) in [5.74, 6) is 0. The molecule has 0 unspecified atom stereocenters. The van der Waals surface area contributed by atoms with Crippen LogP contribution in [0.4, 0.5) is 17.1 Å². The van der Waals surface area contributed by atoms with Gasteiger partial charge in [-0.3, -0.25) is 4.98 Å². The molecule has 3 N–H and O–H groups in total. The van der Waals surface area contributed by atoms with Crippen molar-refractivity contribution in [3.05, 3.63) is 59.3 Å². The van der Waals surface area contributed by atoms with E-state index in [0.717, 1.165) is 32.3 Å². The maximum atomic E-state index is 6.21. The van der Waals surface area contributed by atoms with Gasteiger partial charge in [0.15, 0.2) is 0 Å². The fourth-order valence-electron chi connectivity index (χ4n) is 2.01. The maximum Gasteiger partial charge on any atom is 0.0634 e. The van der Waals surface area contributed by atoms with Crippen LogP contribution in [0.1, 0.15) is 0 Å². The molecule has 3 nitrogen and oxygen atoms in total. The lowest BCUT2D eigenvalue weighted by atomic mass is 10.1. The van der Waals surface area contributed by atoms with E-state index < -0.39 is 0 Å². The van der Waals surface area contributed by atoms with Crippen LogP contribution in [0.2, 0.25) is 0 Å². The number of hydrogen-bond acceptors (Lipinski definition) is 3. The molecule has 0 aliphatic carbocycles. The number of pyridine rings is 1. The zero-order chi connectivity index (χ0) is 13.2. The molecule has 0 bridgehead atoms. The van der Waals surface area contributed by atoms with Gasteiger partial charge >= 0.3 is 0 Å². The second-order valence-corrected chi connectivity index (χ2v) is 5.08. The van der Waals surface area contributed by atoms with Gasteiger partial charge in [0.1, 0.15) is 0 Å². The highest BCUT2D eigenvalue weighted by atomic mass is 79.9. The summed E-state index contributed by atoms with van der Waals surface area (Å²) in [5, 5.41) is 5.39. The number of nitrogen functional groups attached to an aromatic ring is 1. The van der Waals surface area contributed by atoms with Gasteiger partial charge in [-0.15, -0.1) is 0 Å².